The number of amides is 1. The Morgan fingerprint density at radius 1 is 1.50 bits per heavy atom. The maximum absolute atomic E-state index is 11.7. The van der Waals surface area contributed by atoms with Gasteiger partial charge >= 0.3 is 0 Å². The Bertz CT molecular complexity index is 442. The van der Waals surface area contributed by atoms with E-state index in [9.17, 15) is 9.59 Å². The highest BCUT2D eigenvalue weighted by Gasteiger charge is 2.08. The second kappa shape index (κ2) is 7.60. The van der Waals surface area contributed by atoms with E-state index in [0.717, 1.165) is 12.8 Å². The molecule has 1 aromatic heterocycles. The standard InChI is InChI=1S/C12H19N3O3/c1-3-8-15-11(16)6-5-10(14-15)12(17)13-7-4-9-18-2/h5-6H,3-4,7-9H2,1-2H3,(H,13,17). The van der Waals surface area contributed by atoms with E-state index in [2.05, 4.69) is 10.4 Å². The first-order valence-electron chi connectivity index (χ1n) is 6.04. The molecule has 0 spiro atoms. The van der Waals surface area contributed by atoms with Crippen molar-refractivity contribution in [2.45, 2.75) is 26.3 Å². The van der Waals surface area contributed by atoms with Crippen LogP contribution in [0, 0.1) is 0 Å². The van der Waals surface area contributed by atoms with Gasteiger partial charge in [-0.15, -0.1) is 0 Å². The number of carbonyl (C=O) groups excluding carboxylic acids is 1. The third kappa shape index (κ3) is 4.29. The highest BCUT2D eigenvalue weighted by atomic mass is 16.5. The lowest BCUT2D eigenvalue weighted by Gasteiger charge is -2.06. The summed E-state index contributed by atoms with van der Waals surface area (Å²) in [6.45, 7) is 3.60. The minimum Gasteiger partial charge on any atom is -0.385 e. The molecule has 1 aromatic rings. The molecule has 0 atom stereocenters. The predicted octanol–water partition coefficient (Wildman–Crippen LogP) is 0.420. The van der Waals surface area contributed by atoms with Crippen LogP contribution in [0.5, 0.6) is 0 Å². The summed E-state index contributed by atoms with van der Waals surface area (Å²) in [5, 5.41) is 6.75. The molecule has 6 nitrogen and oxygen atoms in total. The summed E-state index contributed by atoms with van der Waals surface area (Å²) in [5.74, 6) is -0.268. The van der Waals surface area contributed by atoms with E-state index in [1.54, 1.807) is 7.11 Å². The molecule has 100 valence electrons. The summed E-state index contributed by atoms with van der Waals surface area (Å²) >= 11 is 0. The summed E-state index contributed by atoms with van der Waals surface area (Å²) in [7, 11) is 1.62. The maximum atomic E-state index is 11.7. The van der Waals surface area contributed by atoms with E-state index in [0.29, 0.717) is 19.7 Å². The zero-order valence-corrected chi connectivity index (χ0v) is 10.8. The quantitative estimate of drug-likeness (QED) is 0.715. The Labute approximate surface area is 106 Å². The minimum atomic E-state index is -0.268. The lowest BCUT2D eigenvalue weighted by molar-refractivity contribution is 0.0941. The molecule has 0 saturated carbocycles. The molecule has 0 saturated heterocycles. The molecule has 0 aliphatic carbocycles. The molecule has 1 rings (SSSR count). The van der Waals surface area contributed by atoms with E-state index in [-0.39, 0.29) is 17.2 Å². The van der Waals surface area contributed by atoms with Crippen LogP contribution in [0.2, 0.25) is 0 Å². The molecule has 0 aromatic carbocycles. The molecular formula is C12H19N3O3. The van der Waals surface area contributed by atoms with Gasteiger partial charge in [0.15, 0.2) is 0 Å². The fourth-order valence-corrected chi connectivity index (χ4v) is 1.45. The van der Waals surface area contributed by atoms with Crippen molar-refractivity contribution in [3.05, 3.63) is 28.2 Å². The fourth-order valence-electron chi connectivity index (χ4n) is 1.45. The molecule has 0 aliphatic heterocycles. The van der Waals surface area contributed by atoms with Gasteiger partial charge in [0.1, 0.15) is 5.69 Å². The van der Waals surface area contributed by atoms with Gasteiger partial charge in [-0.1, -0.05) is 6.92 Å². The second-order valence-corrected chi connectivity index (χ2v) is 3.88. The van der Waals surface area contributed by atoms with Crippen molar-refractivity contribution in [1.82, 2.24) is 15.1 Å². The number of nitrogens with one attached hydrogen (secondary N) is 1. The molecular weight excluding hydrogens is 234 g/mol. The van der Waals surface area contributed by atoms with Gasteiger partial charge < -0.3 is 10.1 Å². The first-order valence-corrected chi connectivity index (χ1v) is 6.04. The van der Waals surface area contributed by atoms with E-state index in [1.165, 1.54) is 16.8 Å². The van der Waals surface area contributed by atoms with Gasteiger partial charge in [-0.05, 0) is 18.9 Å². The Morgan fingerprint density at radius 3 is 2.94 bits per heavy atom. The van der Waals surface area contributed by atoms with Crippen LogP contribution in [-0.2, 0) is 11.3 Å². The topological polar surface area (TPSA) is 73.2 Å². The van der Waals surface area contributed by atoms with Crippen molar-refractivity contribution in [3.8, 4) is 0 Å². The molecule has 0 radical (unpaired) electrons. The Kier molecular flexibility index (Phi) is 6.07. The van der Waals surface area contributed by atoms with Crippen LogP contribution >= 0.6 is 0 Å². The monoisotopic (exact) mass is 253 g/mol. The number of aromatic nitrogens is 2. The van der Waals surface area contributed by atoms with Crippen LogP contribution in [0.25, 0.3) is 0 Å². The normalized spacial score (nSPS) is 10.3. The van der Waals surface area contributed by atoms with Gasteiger partial charge in [0, 0.05) is 32.9 Å². The molecule has 0 unspecified atom stereocenters. The van der Waals surface area contributed by atoms with Crippen LogP contribution < -0.4 is 10.9 Å². The van der Waals surface area contributed by atoms with E-state index in [1.807, 2.05) is 6.92 Å². The lowest BCUT2D eigenvalue weighted by atomic mass is 10.3. The summed E-state index contributed by atoms with van der Waals surface area (Å²) in [4.78, 5) is 23.2. The zero-order valence-electron chi connectivity index (χ0n) is 10.8. The minimum absolute atomic E-state index is 0.187. The van der Waals surface area contributed by atoms with Gasteiger partial charge in [0.25, 0.3) is 11.5 Å². The van der Waals surface area contributed by atoms with Crippen LogP contribution in [0.15, 0.2) is 16.9 Å². The van der Waals surface area contributed by atoms with Gasteiger partial charge in [-0.3, -0.25) is 9.59 Å². The Morgan fingerprint density at radius 2 is 2.28 bits per heavy atom. The summed E-state index contributed by atoms with van der Waals surface area (Å²) in [6, 6.07) is 2.81. The maximum Gasteiger partial charge on any atom is 0.271 e. The van der Waals surface area contributed by atoms with Gasteiger partial charge in [0.05, 0.1) is 0 Å². The van der Waals surface area contributed by atoms with Crippen LogP contribution in [0.1, 0.15) is 30.3 Å². The van der Waals surface area contributed by atoms with Crippen molar-refractivity contribution in [2.75, 3.05) is 20.3 Å². The SMILES string of the molecule is CCCn1nc(C(=O)NCCCOC)ccc1=O. The molecule has 1 heterocycles. The Balaban J connectivity index is 2.62. The molecule has 0 fully saturated rings. The van der Waals surface area contributed by atoms with Crippen molar-refractivity contribution in [2.24, 2.45) is 0 Å². The third-order valence-electron chi connectivity index (χ3n) is 2.35. The number of hydrogen-bond acceptors (Lipinski definition) is 4. The van der Waals surface area contributed by atoms with Gasteiger partial charge in [-0.2, -0.15) is 5.10 Å². The van der Waals surface area contributed by atoms with Gasteiger partial charge in [-0.25, -0.2) is 4.68 Å². The first-order chi connectivity index (χ1) is 8.69. The first kappa shape index (κ1) is 14.4. The number of rotatable bonds is 7. The van der Waals surface area contributed by atoms with Gasteiger partial charge in [0.2, 0.25) is 0 Å². The smallest absolute Gasteiger partial charge is 0.271 e. The number of hydrogen-bond donors (Lipinski definition) is 1. The lowest BCUT2D eigenvalue weighted by Crippen LogP contribution is -2.30. The van der Waals surface area contributed by atoms with Crippen LogP contribution in [0.3, 0.4) is 0 Å². The molecule has 18 heavy (non-hydrogen) atoms. The van der Waals surface area contributed by atoms with E-state index < -0.39 is 0 Å². The van der Waals surface area contributed by atoms with E-state index in [4.69, 9.17) is 4.74 Å². The molecule has 1 amide bonds. The number of carbonyl (C=O) groups is 1. The summed E-state index contributed by atoms with van der Waals surface area (Å²) in [6.07, 6.45) is 1.54. The second-order valence-electron chi connectivity index (χ2n) is 3.88. The average Bonchev–Trinajstić information content (AvgIpc) is 2.37. The van der Waals surface area contributed by atoms with Crippen molar-refractivity contribution >= 4 is 5.91 Å². The third-order valence-corrected chi connectivity index (χ3v) is 2.35. The fraction of sp³-hybridized carbons (Fsp3) is 0.583. The number of nitrogens with zero attached hydrogens (tertiary/aromatic N) is 2. The number of ether oxygens (including phenoxy) is 1. The van der Waals surface area contributed by atoms with Crippen LogP contribution in [0.4, 0.5) is 0 Å². The van der Waals surface area contributed by atoms with Crippen molar-refractivity contribution in [1.29, 1.82) is 0 Å². The van der Waals surface area contributed by atoms with E-state index >= 15 is 0 Å². The number of aryl methyl sites for hydroxylation is 1. The average molecular weight is 253 g/mol. The molecule has 1 N–H and O–H groups in total. The van der Waals surface area contributed by atoms with Crippen LogP contribution in [-0.4, -0.2) is 35.9 Å². The highest BCUT2D eigenvalue weighted by molar-refractivity contribution is 5.91. The predicted molar refractivity (Wildman–Crippen MR) is 67.6 cm³/mol. The molecule has 6 heteroatoms. The number of methoxy groups -OCH3 is 1. The largest absolute Gasteiger partial charge is 0.385 e. The molecule has 0 bridgehead atoms. The Hall–Kier alpha value is -1.69. The molecule has 0 aliphatic rings. The zero-order chi connectivity index (χ0) is 13.4. The highest BCUT2D eigenvalue weighted by Crippen LogP contribution is 1.92. The van der Waals surface area contributed by atoms with Crippen molar-refractivity contribution < 1.29 is 9.53 Å². The van der Waals surface area contributed by atoms with Crippen molar-refractivity contribution in [3.63, 3.8) is 0 Å². The summed E-state index contributed by atoms with van der Waals surface area (Å²) in [5.41, 5.74) is 0.0771. The summed E-state index contributed by atoms with van der Waals surface area (Å²) < 4.78 is 6.19.